The zero-order valence-electron chi connectivity index (χ0n) is 13.9. The molecular weight excluding hydrogens is 290 g/mol. The van der Waals surface area contributed by atoms with Gasteiger partial charge >= 0.3 is 0 Å². The molecule has 122 valence electrons. The Labute approximate surface area is 137 Å². The summed E-state index contributed by atoms with van der Waals surface area (Å²) in [7, 11) is 3.95. The number of nitrogens with zero attached hydrogens (tertiary/aromatic N) is 3. The van der Waals surface area contributed by atoms with Crippen LogP contribution in [-0.2, 0) is 6.54 Å². The fourth-order valence-electron chi connectivity index (χ4n) is 2.20. The fraction of sp³-hybridized carbons (Fsp3) is 0.333. The molecular formula is C18H23N3O2. The van der Waals surface area contributed by atoms with Crippen molar-refractivity contribution in [3.63, 3.8) is 0 Å². The third-order valence-electron chi connectivity index (χ3n) is 3.52. The molecule has 0 radical (unpaired) electrons. The molecule has 1 N–H and O–H groups in total. The molecule has 23 heavy (non-hydrogen) atoms. The third-order valence-corrected chi connectivity index (χ3v) is 3.52. The normalized spacial score (nSPS) is 10.8. The van der Waals surface area contributed by atoms with Gasteiger partial charge in [-0.05, 0) is 50.3 Å². The largest absolute Gasteiger partial charge is 0.508 e. The summed E-state index contributed by atoms with van der Waals surface area (Å²) in [6.07, 6.45) is 1.70. The van der Waals surface area contributed by atoms with Gasteiger partial charge in [0, 0.05) is 25.8 Å². The molecule has 0 aliphatic heterocycles. The van der Waals surface area contributed by atoms with E-state index in [9.17, 15) is 9.90 Å². The van der Waals surface area contributed by atoms with Gasteiger partial charge in [-0.25, -0.2) is 0 Å². The van der Waals surface area contributed by atoms with Crippen LogP contribution in [-0.4, -0.2) is 53.0 Å². The van der Waals surface area contributed by atoms with Crippen molar-refractivity contribution in [2.24, 2.45) is 0 Å². The van der Waals surface area contributed by atoms with E-state index in [1.54, 1.807) is 35.4 Å². The Bertz CT molecular complexity index is 654. The van der Waals surface area contributed by atoms with E-state index in [1.807, 2.05) is 38.1 Å². The molecule has 0 aliphatic rings. The van der Waals surface area contributed by atoms with Gasteiger partial charge in [-0.3, -0.25) is 9.78 Å². The summed E-state index contributed by atoms with van der Waals surface area (Å²) in [4.78, 5) is 20.8. The molecule has 1 heterocycles. The lowest BCUT2D eigenvalue weighted by Gasteiger charge is -2.24. The molecule has 0 spiro atoms. The van der Waals surface area contributed by atoms with Gasteiger partial charge in [0.1, 0.15) is 11.4 Å². The molecule has 2 aromatic rings. The van der Waals surface area contributed by atoms with Crippen LogP contribution < -0.4 is 0 Å². The topological polar surface area (TPSA) is 56.7 Å². The van der Waals surface area contributed by atoms with Crippen LogP contribution in [0.5, 0.6) is 5.75 Å². The van der Waals surface area contributed by atoms with Gasteiger partial charge < -0.3 is 14.9 Å². The minimum absolute atomic E-state index is 0.102. The maximum Gasteiger partial charge on any atom is 0.272 e. The number of pyridine rings is 1. The van der Waals surface area contributed by atoms with Crippen LogP contribution in [0.2, 0.25) is 0 Å². The van der Waals surface area contributed by atoms with E-state index in [-0.39, 0.29) is 11.7 Å². The highest BCUT2D eigenvalue weighted by Crippen LogP contribution is 2.14. The molecule has 5 heteroatoms. The van der Waals surface area contributed by atoms with Crippen molar-refractivity contribution in [3.8, 4) is 5.75 Å². The molecule has 2 rings (SSSR count). The predicted octanol–water partition coefficient (Wildman–Crippen LogP) is 2.30. The highest BCUT2D eigenvalue weighted by molar-refractivity contribution is 5.92. The number of likely N-dealkylation sites (N-methyl/N-ethyl adjacent to an activating group) is 1. The number of benzene rings is 1. The maximum atomic E-state index is 12.7. The van der Waals surface area contributed by atoms with E-state index in [4.69, 9.17) is 0 Å². The van der Waals surface area contributed by atoms with Gasteiger partial charge in [-0.15, -0.1) is 0 Å². The summed E-state index contributed by atoms with van der Waals surface area (Å²) in [5.74, 6) is 0.103. The predicted molar refractivity (Wildman–Crippen MR) is 90.4 cm³/mol. The smallest absolute Gasteiger partial charge is 0.272 e. The van der Waals surface area contributed by atoms with E-state index in [2.05, 4.69) is 4.98 Å². The molecule has 0 unspecified atom stereocenters. The lowest BCUT2D eigenvalue weighted by molar-refractivity contribution is 0.0726. The van der Waals surface area contributed by atoms with Crippen molar-refractivity contribution in [1.29, 1.82) is 0 Å². The fourth-order valence-corrected chi connectivity index (χ4v) is 2.20. The summed E-state index contributed by atoms with van der Waals surface area (Å²) in [6.45, 7) is 3.74. The molecule has 0 fully saturated rings. The van der Waals surface area contributed by atoms with Gasteiger partial charge in [-0.1, -0.05) is 18.2 Å². The number of hydrogen-bond acceptors (Lipinski definition) is 4. The van der Waals surface area contributed by atoms with Crippen molar-refractivity contribution in [3.05, 3.63) is 59.4 Å². The average molecular weight is 313 g/mol. The van der Waals surface area contributed by atoms with Crippen LogP contribution in [0.4, 0.5) is 0 Å². The number of aromatic nitrogens is 1. The number of aromatic hydroxyl groups is 1. The van der Waals surface area contributed by atoms with Gasteiger partial charge in [0.15, 0.2) is 0 Å². The van der Waals surface area contributed by atoms with Gasteiger partial charge in [0.2, 0.25) is 0 Å². The number of amides is 1. The van der Waals surface area contributed by atoms with Crippen LogP contribution in [0.25, 0.3) is 0 Å². The zero-order valence-corrected chi connectivity index (χ0v) is 13.9. The molecule has 0 saturated carbocycles. The minimum Gasteiger partial charge on any atom is -0.508 e. The second-order valence-electron chi connectivity index (χ2n) is 5.92. The van der Waals surface area contributed by atoms with Crippen molar-refractivity contribution < 1.29 is 9.90 Å². The lowest BCUT2D eigenvalue weighted by atomic mass is 10.2. The number of hydrogen-bond donors (Lipinski definition) is 1. The summed E-state index contributed by atoms with van der Waals surface area (Å²) in [5, 5.41) is 9.61. The Morgan fingerprint density at radius 2 is 1.96 bits per heavy atom. The van der Waals surface area contributed by atoms with Crippen LogP contribution in [0, 0.1) is 6.92 Å². The van der Waals surface area contributed by atoms with E-state index in [0.717, 1.165) is 17.7 Å². The molecule has 1 aromatic heterocycles. The Hall–Kier alpha value is -2.40. The summed E-state index contributed by atoms with van der Waals surface area (Å²) < 4.78 is 0. The van der Waals surface area contributed by atoms with E-state index in [1.165, 1.54) is 0 Å². The molecule has 0 aliphatic carbocycles. The molecule has 0 saturated heterocycles. The van der Waals surface area contributed by atoms with Gasteiger partial charge in [0.05, 0.1) is 0 Å². The van der Waals surface area contributed by atoms with Crippen molar-refractivity contribution in [2.45, 2.75) is 13.5 Å². The number of phenols is 1. The summed E-state index contributed by atoms with van der Waals surface area (Å²) in [5.41, 5.74) is 2.35. The Morgan fingerprint density at radius 1 is 1.17 bits per heavy atom. The number of rotatable bonds is 6. The second-order valence-corrected chi connectivity index (χ2v) is 5.92. The average Bonchev–Trinajstić information content (AvgIpc) is 2.51. The van der Waals surface area contributed by atoms with Crippen LogP contribution in [0.3, 0.4) is 0 Å². The van der Waals surface area contributed by atoms with Crippen LogP contribution in [0.1, 0.15) is 21.6 Å². The highest BCUT2D eigenvalue weighted by Gasteiger charge is 2.17. The first-order valence-corrected chi connectivity index (χ1v) is 7.60. The zero-order chi connectivity index (χ0) is 16.8. The molecule has 1 aromatic carbocycles. The quantitative estimate of drug-likeness (QED) is 0.889. The van der Waals surface area contributed by atoms with E-state index >= 15 is 0 Å². The Morgan fingerprint density at radius 3 is 2.57 bits per heavy atom. The van der Waals surface area contributed by atoms with Crippen molar-refractivity contribution in [2.75, 3.05) is 27.2 Å². The number of carbonyl (C=O) groups excluding carboxylic acids is 1. The summed E-state index contributed by atoms with van der Waals surface area (Å²) in [6, 6.07) is 10.6. The first-order valence-electron chi connectivity index (χ1n) is 7.60. The van der Waals surface area contributed by atoms with E-state index < -0.39 is 0 Å². The van der Waals surface area contributed by atoms with Crippen LogP contribution >= 0.6 is 0 Å². The monoisotopic (exact) mass is 313 g/mol. The van der Waals surface area contributed by atoms with Crippen molar-refractivity contribution >= 4 is 5.91 Å². The Balaban J connectivity index is 2.18. The van der Waals surface area contributed by atoms with E-state index in [0.29, 0.717) is 18.8 Å². The molecule has 1 amide bonds. The van der Waals surface area contributed by atoms with Crippen LogP contribution in [0.15, 0.2) is 42.6 Å². The first kappa shape index (κ1) is 17.0. The SMILES string of the molecule is Cc1ccc(C(=O)N(CCN(C)C)Cc2cccc(O)c2)nc1. The third kappa shape index (κ3) is 5.07. The van der Waals surface area contributed by atoms with Crippen molar-refractivity contribution in [1.82, 2.24) is 14.8 Å². The van der Waals surface area contributed by atoms with Gasteiger partial charge in [-0.2, -0.15) is 0 Å². The lowest BCUT2D eigenvalue weighted by Crippen LogP contribution is -2.36. The highest BCUT2D eigenvalue weighted by atomic mass is 16.3. The number of carbonyl (C=O) groups is 1. The number of phenolic OH excluding ortho intramolecular Hbond substituents is 1. The number of aryl methyl sites for hydroxylation is 1. The molecule has 5 nitrogen and oxygen atoms in total. The summed E-state index contributed by atoms with van der Waals surface area (Å²) >= 11 is 0. The van der Waals surface area contributed by atoms with Gasteiger partial charge in [0.25, 0.3) is 5.91 Å². The first-order chi connectivity index (χ1) is 11.0. The molecule has 0 bridgehead atoms. The maximum absolute atomic E-state index is 12.7. The second kappa shape index (κ2) is 7.74. The minimum atomic E-state index is -0.102. The Kier molecular flexibility index (Phi) is 5.71. The molecule has 0 atom stereocenters. The standard InChI is InChI=1S/C18H23N3O2/c1-14-7-8-17(19-12-14)18(23)21(10-9-20(2)3)13-15-5-4-6-16(22)11-15/h4-8,11-12,22H,9-10,13H2,1-3H3.